The van der Waals surface area contributed by atoms with Gasteiger partial charge in [0, 0.05) is 7.05 Å². The molecule has 8 heteroatoms. The lowest BCUT2D eigenvalue weighted by molar-refractivity contribution is -0.0373. The summed E-state index contributed by atoms with van der Waals surface area (Å²) in [6.07, 6.45) is 1.16. The Morgan fingerprint density at radius 1 is 1.50 bits per heavy atom. The summed E-state index contributed by atoms with van der Waals surface area (Å²) in [4.78, 5) is 7.45. The topological polar surface area (TPSA) is 70.1 Å². The van der Waals surface area contributed by atoms with E-state index in [4.69, 9.17) is 16.7 Å². The first kappa shape index (κ1) is 12.9. The number of aromatic nitrogens is 2. The van der Waals surface area contributed by atoms with Crippen molar-refractivity contribution in [2.45, 2.75) is 5.92 Å². The average Bonchev–Trinajstić information content (AvgIpc) is 2.26. The first-order valence-corrected chi connectivity index (χ1v) is 4.79. The molecule has 3 N–H and O–H groups in total. The molecule has 1 rings (SSSR count). The smallest absolute Gasteiger partial charge is 0.287 e. The minimum Gasteiger partial charge on any atom is -0.390 e. The van der Waals surface area contributed by atoms with E-state index in [9.17, 15) is 8.78 Å². The lowest BCUT2D eigenvalue weighted by Gasteiger charge is -2.16. The van der Waals surface area contributed by atoms with Crippen LogP contribution in [0.15, 0.2) is 6.33 Å². The summed E-state index contributed by atoms with van der Waals surface area (Å²) in [6.45, 7) is -1.96. The van der Waals surface area contributed by atoms with Gasteiger partial charge in [0.1, 0.15) is 18.6 Å². The molecule has 0 amide bonds. The van der Waals surface area contributed by atoms with E-state index in [-0.39, 0.29) is 11.0 Å². The highest BCUT2D eigenvalue weighted by molar-refractivity contribution is 6.32. The van der Waals surface area contributed by atoms with Gasteiger partial charge in [0.2, 0.25) is 0 Å². The lowest BCUT2D eigenvalue weighted by Crippen LogP contribution is -2.31. The fourth-order valence-corrected chi connectivity index (χ4v) is 1.22. The predicted molar refractivity (Wildman–Crippen MR) is 57.1 cm³/mol. The average molecular weight is 253 g/mol. The van der Waals surface area contributed by atoms with Crippen molar-refractivity contribution in [3.05, 3.63) is 11.5 Å². The first-order chi connectivity index (χ1) is 7.50. The molecular formula is C8H11ClF2N4O. The van der Waals surface area contributed by atoms with Gasteiger partial charge in [-0.05, 0) is 0 Å². The summed E-state index contributed by atoms with van der Waals surface area (Å²) in [5.74, 6) is -3.04. The van der Waals surface area contributed by atoms with Crippen LogP contribution < -0.4 is 10.6 Å². The Morgan fingerprint density at radius 2 is 2.19 bits per heavy atom. The number of alkyl halides is 2. The van der Waals surface area contributed by atoms with Gasteiger partial charge in [0.05, 0.1) is 6.54 Å². The zero-order valence-corrected chi connectivity index (χ0v) is 9.22. The third-order valence-electron chi connectivity index (χ3n) is 1.80. The minimum absolute atomic E-state index is 0.132. The molecule has 0 unspecified atom stereocenters. The fraction of sp³-hybridized carbons (Fsp3) is 0.500. The lowest BCUT2D eigenvalue weighted by atomic mass is 10.3. The van der Waals surface area contributed by atoms with Crippen molar-refractivity contribution in [1.29, 1.82) is 0 Å². The van der Waals surface area contributed by atoms with Crippen molar-refractivity contribution >= 4 is 23.1 Å². The van der Waals surface area contributed by atoms with Crippen LogP contribution in [-0.2, 0) is 0 Å². The van der Waals surface area contributed by atoms with E-state index in [1.807, 2.05) is 0 Å². The molecule has 0 atom stereocenters. The summed E-state index contributed by atoms with van der Waals surface area (Å²) < 4.78 is 25.5. The molecule has 16 heavy (non-hydrogen) atoms. The number of anilines is 2. The molecule has 0 aliphatic rings. The molecule has 0 saturated heterocycles. The van der Waals surface area contributed by atoms with Crippen molar-refractivity contribution in [3.63, 3.8) is 0 Å². The third-order valence-corrected chi connectivity index (χ3v) is 2.08. The molecule has 0 aromatic carbocycles. The molecular weight excluding hydrogens is 242 g/mol. The van der Waals surface area contributed by atoms with Crippen LogP contribution in [0.1, 0.15) is 0 Å². The van der Waals surface area contributed by atoms with Crippen LogP contribution in [0.4, 0.5) is 20.3 Å². The van der Waals surface area contributed by atoms with E-state index < -0.39 is 19.1 Å². The largest absolute Gasteiger partial charge is 0.390 e. The zero-order chi connectivity index (χ0) is 12.2. The van der Waals surface area contributed by atoms with Crippen molar-refractivity contribution in [2.75, 3.05) is 30.8 Å². The van der Waals surface area contributed by atoms with E-state index >= 15 is 0 Å². The van der Waals surface area contributed by atoms with Gasteiger partial charge < -0.3 is 15.7 Å². The standard InChI is InChI=1S/C8H11ClF2N4O/c1-12-5-6(9)14-4-15-7(5)13-2-8(10,11)3-16/h4,12,16H,2-3H2,1H3,(H,13,14,15). The number of halogens is 3. The molecule has 1 aromatic rings. The number of nitrogens with one attached hydrogen (secondary N) is 2. The van der Waals surface area contributed by atoms with Gasteiger partial charge in [-0.25, -0.2) is 18.7 Å². The van der Waals surface area contributed by atoms with E-state index in [1.165, 1.54) is 0 Å². The van der Waals surface area contributed by atoms with Gasteiger partial charge >= 0.3 is 0 Å². The Balaban J connectivity index is 2.78. The van der Waals surface area contributed by atoms with Crippen molar-refractivity contribution in [3.8, 4) is 0 Å². The van der Waals surface area contributed by atoms with Crippen LogP contribution in [0.25, 0.3) is 0 Å². The Labute approximate surface area is 95.9 Å². The zero-order valence-electron chi connectivity index (χ0n) is 8.47. The third kappa shape index (κ3) is 3.14. The number of aliphatic hydroxyl groups excluding tert-OH is 1. The molecule has 0 aliphatic heterocycles. The number of hydrogen-bond donors (Lipinski definition) is 3. The molecule has 0 bridgehead atoms. The summed E-state index contributed by atoms with van der Waals surface area (Å²) in [7, 11) is 1.57. The fourth-order valence-electron chi connectivity index (χ4n) is 0.989. The van der Waals surface area contributed by atoms with Gasteiger partial charge in [-0.1, -0.05) is 11.6 Å². The van der Waals surface area contributed by atoms with Crippen molar-refractivity contribution in [2.24, 2.45) is 0 Å². The molecule has 1 heterocycles. The van der Waals surface area contributed by atoms with Crippen LogP contribution in [-0.4, -0.2) is 41.2 Å². The second-order valence-corrected chi connectivity index (χ2v) is 3.36. The molecule has 0 spiro atoms. The normalized spacial score (nSPS) is 11.3. The van der Waals surface area contributed by atoms with E-state index in [2.05, 4.69) is 20.6 Å². The minimum atomic E-state index is -3.21. The summed E-state index contributed by atoms with van der Waals surface area (Å²) in [6, 6.07) is 0. The number of aliphatic hydroxyl groups is 1. The second-order valence-electron chi connectivity index (χ2n) is 3.01. The molecule has 0 aliphatic carbocycles. The number of rotatable bonds is 5. The van der Waals surface area contributed by atoms with Gasteiger partial charge in [0.25, 0.3) is 5.92 Å². The van der Waals surface area contributed by atoms with Gasteiger partial charge in [0.15, 0.2) is 11.0 Å². The van der Waals surface area contributed by atoms with Crippen LogP contribution in [0.5, 0.6) is 0 Å². The highest BCUT2D eigenvalue weighted by atomic mass is 35.5. The van der Waals surface area contributed by atoms with E-state index in [1.54, 1.807) is 7.05 Å². The Kier molecular flexibility index (Phi) is 4.19. The van der Waals surface area contributed by atoms with Crippen LogP contribution in [0, 0.1) is 0 Å². The Morgan fingerprint density at radius 3 is 2.75 bits per heavy atom. The SMILES string of the molecule is CNc1c(Cl)ncnc1NCC(F)(F)CO. The number of hydrogen-bond acceptors (Lipinski definition) is 5. The molecule has 0 saturated carbocycles. The molecule has 0 fully saturated rings. The summed E-state index contributed by atoms with van der Waals surface area (Å²) in [5, 5.41) is 13.6. The Bertz CT molecular complexity index is 364. The quantitative estimate of drug-likeness (QED) is 0.687. The van der Waals surface area contributed by atoms with Crippen LogP contribution in [0.3, 0.4) is 0 Å². The molecule has 1 aromatic heterocycles. The van der Waals surface area contributed by atoms with Crippen molar-refractivity contribution < 1.29 is 13.9 Å². The maximum absolute atomic E-state index is 12.8. The van der Waals surface area contributed by atoms with Gasteiger partial charge in [-0.15, -0.1) is 0 Å². The maximum Gasteiger partial charge on any atom is 0.287 e. The van der Waals surface area contributed by atoms with Crippen LogP contribution in [0.2, 0.25) is 5.15 Å². The van der Waals surface area contributed by atoms with Crippen LogP contribution >= 0.6 is 11.6 Å². The van der Waals surface area contributed by atoms with Gasteiger partial charge in [-0.3, -0.25) is 0 Å². The monoisotopic (exact) mass is 252 g/mol. The van der Waals surface area contributed by atoms with E-state index in [0.717, 1.165) is 6.33 Å². The second kappa shape index (κ2) is 5.22. The van der Waals surface area contributed by atoms with E-state index in [0.29, 0.717) is 5.69 Å². The molecule has 90 valence electrons. The number of nitrogens with zero attached hydrogens (tertiary/aromatic N) is 2. The van der Waals surface area contributed by atoms with Crippen molar-refractivity contribution in [1.82, 2.24) is 9.97 Å². The van der Waals surface area contributed by atoms with Gasteiger partial charge in [-0.2, -0.15) is 0 Å². The molecule has 0 radical (unpaired) electrons. The summed E-state index contributed by atoms with van der Waals surface area (Å²) >= 11 is 5.72. The maximum atomic E-state index is 12.8. The highest BCUT2D eigenvalue weighted by Gasteiger charge is 2.27. The first-order valence-electron chi connectivity index (χ1n) is 4.41. The predicted octanol–water partition coefficient (Wildman–Crippen LogP) is 1.21. The summed E-state index contributed by atoms with van der Waals surface area (Å²) in [5.41, 5.74) is 0.331. The molecule has 5 nitrogen and oxygen atoms in total. The highest BCUT2D eigenvalue weighted by Crippen LogP contribution is 2.26. The Hall–Kier alpha value is -1.21.